The van der Waals surface area contributed by atoms with Gasteiger partial charge in [0, 0.05) is 6.42 Å². The van der Waals surface area contributed by atoms with E-state index in [1.165, 1.54) is 13.2 Å². The lowest BCUT2D eigenvalue weighted by molar-refractivity contribution is -0.148. The third kappa shape index (κ3) is 4.31. The molecular formula is C15H22FNO2. The highest BCUT2D eigenvalue weighted by molar-refractivity contribution is 5.80. The topological polar surface area (TPSA) is 38.3 Å². The van der Waals surface area contributed by atoms with Crippen LogP contribution in [0, 0.1) is 11.7 Å². The molecule has 4 heteroatoms. The summed E-state index contributed by atoms with van der Waals surface area (Å²) in [6.07, 6.45) is 0.263. The molecule has 1 N–H and O–H groups in total. The van der Waals surface area contributed by atoms with Crippen LogP contribution >= 0.6 is 0 Å². The van der Waals surface area contributed by atoms with Crippen molar-refractivity contribution in [3.8, 4) is 0 Å². The van der Waals surface area contributed by atoms with Crippen LogP contribution in [0.25, 0.3) is 0 Å². The van der Waals surface area contributed by atoms with E-state index in [1.807, 2.05) is 13.8 Å². The molecule has 0 spiro atoms. The molecule has 0 saturated carbocycles. The van der Waals surface area contributed by atoms with Crippen LogP contribution in [0.1, 0.15) is 26.3 Å². The summed E-state index contributed by atoms with van der Waals surface area (Å²) in [4.78, 5) is 12.0. The van der Waals surface area contributed by atoms with Crippen molar-refractivity contribution in [1.82, 2.24) is 5.32 Å². The quantitative estimate of drug-likeness (QED) is 0.805. The van der Waals surface area contributed by atoms with E-state index in [-0.39, 0.29) is 18.2 Å². The van der Waals surface area contributed by atoms with E-state index in [0.29, 0.717) is 18.0 Å². The number of rotatable bonds is 6. The molecule has 3 nitrogen and oxygen atoms in total. The highest BCUT2D eigenvalue weighted by Crippen LogP contribution is 2.18. The van der Waals surface area contributed by atoms with Crippen molar-refractivity contribution in [2.75, 3.05) is 13.7 Å². The van der Waals surface area contributed by atoms with Crippen LogP contribution in [0.3, 0.4) is 0 Å². The number of benzene rings is 1. The van der Waals surface area contributed by atoms with Gasteiger partial charge in [0.15, 0.2) is 0 Å². The van der Waals surface area contributed by atoms with E-state index in [0.717, 1.165) is 0 Å². The molecule has 1 rings (SSSR count). The van der Waals surface area contributed by atoms with Gasteiger partial charge in [-0.2, -0.15) is 0 Å². The first-order valence-electron chi connectivity index (χ1n) is 6.46. The number of nitrogens with one attached hydrogen (secondary N) is 1. The van der Waals surface area contributed by atoms with Crippen molar-refractivity contribution in [3.05, 3.63) is 35.6 Å². The molecule has 0 amide bonds. The van der Waals surface area contributed by atoms with Gasteiger partial charge in [-0.15, -0.1) is 0 Å². The van der Waals surface area contributed by atoms with E-state index < -0.39 is 5.54 Å². The molecular weight excluding hydrogens is 245 g/mol. The third-order valence-electron chi connectivity index (χ3n) is 3.04. The van der Waals surface area contributed by atoms with Crippen molar-refractivity contribution >= 4 is 5.97 Å². The molecule has 0 bridgehead atoms. The van der Waals surface area contributed by atoms with Gasteiger partial charge < -0.3 is 10.1 Å². The maximum atomic E-state index is 13.7. The second-order valence-electron chi connectivity index (χ2n) is 5.37. The lowest BCUT2D eigenvalue weighted by atomic mass is 9.92. The Labute approximate surface area is 114 Å². The number of halogens is 1. The SMILES string of the molecule is COC(=O)C(C)(Cc1ccccc1F)NCC(C)C. The minimum absolute atomic E-state index is 0.263. The van der Waals surface area contributed by atoms with Crippen LogP contribution in [0.2, 0.25) is 0 Å². The molecule has 0 aromatic heterocycles. The van der Waals surface area contributed by atoms with E-state index in [9.17, 15) is 9.18 Å². The Hall–Kier alpha value is -1.42. The Morgan fingerprint density at radius 3 is 2.58 bits per heavy atom. The maximum absolute atomic E-state index is 13.7. The molecule has 0 saturated heterocycles. The summed E-state index contributed by atoms with van der Waals surface area (Å²) in [5, 5.41) is 3.18. The van der Waals surface area contributed by atoms with E-state index >= 15 is 0 Å². The van der Waals surface area contributed by atoms with Gasteiger partial charge in [-0.25, -0.2) is 4.39 Å². The van der Waals surface area contributed by atoms with Crippen molar-refractivity contribution in [2.45, 2.75) is 32.7 Å². The largest absolute Gasteiger partial charge is 0.468 e. The van der Waals surface area contributed by atoms with Crippen molar-refractivity contribution in [2.24, 2.45) is 5.92 Å². The first-order valence-corrected chi connectivity index (χ1v) is 6.46. The fraction of sp³-hybridized carbons (Fsp3) is 0.533. The first-order chi connectivity index (χ1) is 8.89. The van der Waals surface area contributed by atoms with Gasteiger partial charge in [0.25, 0.3) is 0 Å². The smallest absolute Gasteiger partial charge is 0.326 e. The molecule has 1 aromatic carbocycles. The number of hydrogen-bond acceptors (Lipinski definition) is 3. The molecule has 1 aromatic rings. The number of carbonyl (C=O) groups is 1. The van der Waals surface area contributed by atoms with Gasteiger partial charge in [-0.1, -0.05) is 32.0 Å². The summed E-state index contributed by atoms with van der Waals surface area (Å²) in [7, 11) is 1.35. The van der Waals surface area contributed by atoms with Crippen LogP contribution in [0.5, 0.6) is 0 Å². The summed E-state index contributed by atoms with van der Waals surface area (Å²) >= 11 is 0. The van der Waals surface area contributed by atoms with E-state index in [2.05, 4.69) is 5.32 Å². The van der Waals surface area contributed by atoms with E-state index in [4.69, 9.17) is 4.74 Å². The van der Waals surface area contributed by atoms with Crippen LogP contribution in [0.15, 0.2) is 24.3 Å². The Morgan fingerprint density at radius 2 is 2.05 bits per heavy atom. The summed E-state index contributed by atoms with van der Waals surface area (Å²) in [5.41, 5.74) is -0.409. The van der Waals surface area contributed by atoms with Gasteiger partial charge in [-0.3, -0.25) is 4.79 Å². The number of methoxy groups -OCH3 is 1. The summed E-state index contributed by atoms with van der Waals surface area (Å²) in [5.74, 6) is -0.287. The fourth-order valence-corrected chi connectivity index (χ4v) is 1.88. The van der Waals surface area contributed by atoms with Gasteiger partial charge in [0.05, 0.1) is 7.11 Å². The number of carbonyl (C=O) groups excluding carboxylic acids is 1. The molecule has 0 fully saturated rings. The van der Waals surface area contributed by atoms with E-state index in [1.54, 1.807) is 25.1 Å². The minimum Gasteiger partial charge on any atom is -0.468 e. The Kier molecular flexibility index (Phi) is 5.48. The van der Waals surface area contributed by atoms with Gasteiger partial charge in [0.1, 0.15) is 11.4 Å². The number of esters is 1. The van der Waals surface area contributed by atoms with Crippen LogP contribution < -0.4 is 5.32 Å². The molecule has 0 aliphatic rings. The molecule has 0 heterocycles. The Bertz CT molecular complexity index is 434. The normalized spacial score (nSPS) is 14.2. The molecule has 0 radical (unpaired) electrons. The second kappa shape index (κ2) is 6.66. The number of hydrogen-bond donors (Lipinski definition) is 1. The molecule has 19 heavy (non-hydrogen) atoms. The lowest BCUT2D eigenvalue weighted by Crippen LogP contribution is -2.53. The molecule has 0 aliphatic carbocycles. The zero-order valence-corrected chi connectivity index (χ0v) is 12.0. The van der Waals surface area contributed by atoms with Crippen molar-refractivity contribution < 1.29 is 13.9 Å². The first kappa shape index (κ1) is 15.6. The Morgan fingerprint density at radius 1 is 1.42 bits per heavy atom. The van der Waals surface area contributed by atoms with Crippen LogP contribution in [-0.2, 0) is 16.0 Å². The van der Waals surface area contributed by atoms with Gasteiger partial charge in [0.2, 0.25) is 0 Å². The molecule has 106 valence electrons. The monoisotopic (exact) mass is 267 g/mol. The summed E-state index contributed by atoms with van der Waals surface area (Å²) in [6.45, 7) is 6.51. The highest BCUT2D eigenvalue weighted by atomic mass is 19.1. The summed E-state index contributed by atoms with van der Waals surface area (Å²) in [6, 6.07) is 6.48. The second-order valence-corrected chi connectivity index (χ2v) is 5.37. The zero-order valence-electron chi connectivity index (χ0n) is 12.0. The van der Waals surface area contributed by atoms with Gasteiger partial charge >= 0.3 is 5.97 Å². The third-order valence-corrected chi connectivity index (χ3v) is 3.04. The predicted molar refractivity (Wildman–Crippen MR) is 73.4 cm³/mol. The lowest BCUT2D eigenvalue weighted by Gasteiger charge is -2.29. The highest BCUT2D eigenvalue weighted by Gasteiger charge is 2.34. The minimum atomic E-state index is -0.915. The molecule has 1 unspecified atom stereocenters. The standard InChI is InChI=1S/C15H22FNO2/c1-11(2)10-17-15(3,14(18)19-4)9-12-7-5-6-8-13(12)16/h5-8,11,17H,9-10H2,1-4H3. The Balaban J connectivity index is 2.91. The zero-order chi connectivity index (χ0) is 14.5. The average molecular weight is 267 g/mol. The predicted octanol–water partition coefficient (Wildman–Crippen LogP) is 2.55. The van der Waals surface area contributed by atoms with Crippen LogP contribution in [0.4, 0.5) is 4.39 Å². The maximum Gasteiger partial charge on any atom is 0.326 e. The summed E-state index contributed by atoms with van der Waals surface area (Å²) < 4.78 is 18.5. The van der Waals surface area contributed by atoms with Crippen molar-refractivity contribution in [3.63, 3.8) is 0 Å². The fourth-order valence-electron chi connectivity index (χ4n) is 1.88. The molecule has 1 atom stereocenters. The van der Waals surface area contributed by atoms with Crippen molar-refractivity contribution in [1.29, 1.82) is 0 Å². The average Bonchev–Trinajstić information content (AvgIpc) is 2.38. The molecule has 0 aliphatic heterocycles. The van der Waals surface area contributed by atoms with Gasteiger partial charge in [-0.05, 0) is 31.0 Å². The number of ether oxygens (including phenoxy) is 1. The van der Waals surface area contributed by atoms with Crippen LogP contribution in [-0.4, -0.2) is 25.2 Å².